The van der Waals surface area contributed by atoms with E-state index in [2.05, 4.69) is 4.98 Å². The van der Waals surface area contributed by atoms with Crippen LogP contribution < -0.4 is 10.6 Å². The van der Waals surface area contributed by atoms with Crippen molar-refractivity contribution in [2.45, 2.75) is 6.42 Å². The summed E-state index contributed by atoms with van der Waals surface area (Å²) in [5.41, 5.74) is 5.47. The van der Waals surface area contributed by atoms with Gasteiger partial charge >= 0.3 is 0 Å². The molecule has 2 N–H and O–H groups in total. The first-order valence-electron chi connectivity index (χ1n) is 4.21. The van der Waals surface area contributed by atoms with E-state index in [0.29, 0.717) is 11.6 Å². The second kappa shape index (κ2) is 3.10. The summed E-state index contributed by atoms with van der Waals surface area (Å²) in [7, 11) is 0. The molecular weight excluding hydrogens is 182 g/mol. The van der Waals surface area contributed by atoms with Gasteiger partial charge in [-0.3, -0.25) is 14.5 Å². The van der Waals surface area contributed by atoms with Crippen LogP contribution in [0, 0.1) is 0 Å². The van der Waals surface area contributed by atoms with Gasteiger partial charge in [-0.15, -0.1) is 0 Å². The summed E-state index contributed by atoms with van der Waals surface area (Å²) in [6, 6.07) is 4.99. The summed E-state index contributed by atoms with van der Waals surface area (Å²) in [6.45, 7) is 0.106. The van der Waals surface area contributed by atoms with Gasteiger partial charge in [0.05, 0.1) is 13.0 Å². The van der Waals surface area contributed by atoms with Gasteiger partial charge in [-0.2, -0.15) is 0 Å². The van der Waals surface area contributed by atoms with Crippen LogP contribution in [0.15, 0.2) is 18.2 Å². The fourth-order valence-electron chi connectivity index (χ4n) is 1.38. The fourth-order valence-corrected chi connectivity index (χ4v) is 1.38. The highest BCUT2D eigenvalue weighted by molar-refractivity contribution is 6.14. The Morgan fingerprint density at radius 3 is 2.71 bits per heavy atom. The van der Waals surface area contributed by atoms with Crippen LogP contribution in [0.2, 0.25) is 0 Å². The summed E-state index contributed by atoms with van der Waals surface area (Å²) in [6.07, 6.45) is -0.0313. The van der Waals surface area contributed by atoms with E-state index in [4.69, 9.17) is 5.73 Å². The van der Waals surface area contributed by atoms with E-state index in [1.807, 2.05) is 0 Å². The van der Waals surface area contributed by atoms with Crippen molar-refractivity contribution in [1.29, 1.82) is 0 Å². The minimum absolute atomic E-state index is 0.0313. The van der Waals surface area contributed by atoms with Crippen molar-refractivity contribution < 1.29 is 9.59 Å². The molecule has 1 aromatic heterocycles. The number of anilines is 2. The van der Waals surface area contributed by atoms with Crippen molar-refractivity contribution in [3.63, 3.8) is 0 Å². The number of hydrogen-bond acceptors (Lipinski definition) is 4. The number of hydrogen-bond donors (Lipinski definition) is 1. The Labute approximate surface area is 80.5 Å². The van der Waals surface area contributed by atoms with Gasteiger partial charge in [0.1, 0.15) is 11.6 Å². The van der Waals surface area contributed by atoms with Crippen LogP contribution in [-0.4, -0.2) is 23.2 Å². The van der Waals surface area contributed by atoms with Gasteiger partial charge in [-0.05, 0) is 12.1 Å². The van der Waals surface area contributed by atoms with Crippen molar-refractivity contribution in [2.24, 2.45) is 0 Å². The van der Waals surface area contributed by atoms with E-state index >= 15 is 0 Å². The molecule has 1 aromatic rings. The zero-order chi connectivity index (χ0) is 10.1. The summed E-state index contributed by atoms with van der Waals surface area (Å²) in [5.74, 6) is 0.489. The Morgan fingerprint density at radius 2 is 2.14 bits per heavy atom. The van der Waals surface area contributed by atoms with Gasteiger partial charge in [-0.1, -0.05) is 6.07 Å². The summed E-state index contributed by atoms with van der Waals surface area (Å²) >= 11 is 0. The molecular formula is C9H9N3O2. The number of carbonyl (C=O) groups excluding carboxylic acids is 2. The van der Waals surface area contributed by atoms with Gasteiger partial charge in [0.15, 0.2) is 5.78 Å². The molecule has 1 aliphatic heterocycles. The molecule has 0 spiro atoms. The third kappa shape index (κ3) is 1.44. The lowest BCUT2D eigenvalue weighted by Gasteiger charge is -2.12. The second-order valence-corrected chi connectivity index (χ2v) is 3.12. The maximum Gasteiger partial charge on any atom is 0.236 e. The summed E-state index contributed by atoms with van der Waals surface area (Å²) in [5, 5.41) is 0. The molecule has 1 amide bonds. The summed E-state index contributed by atoms with van der Waals surface area (Å²) < 4.78 is 0. The molecule has 1 fully saturated rings. The van der Waals surface area contributed by atoms with Gasteiger partial charge in [0, 0.05) is 0 Å². The zero-order valence-corrected chi connectivity index (χ0v) is 7.43. The molecule has 0 saturated carbocycles. The minimum atomic E-state index is -0.215. The first kappa shape index (κ1) is 8.68. The Hall–Kier alpha value is -1.91. The molecule has 0 bridgehead atoms. The number of carbonyl (C=O) groups is 2. The molecule has 1 aliphatic rings. The number of Topliss-reactive ketones (excluding diaryl/α,β-unsaturated/α-hetero) is 1. The number of nitrogen functional groups attached to an aromatic ring is 1. The SMILES string of the molecule is Nc1cccc(N2CC(=O)CC2=O)n1. The van der Waals surface area contributed by atoms with E-state index in [1.54, 1.807) is 18.2 Å². The maximum atomic E-state index is 11.3. The first-order chi connectivity index (χ1) is 6.66. The highest BCUT2D eigenvalue weighted by Gasteiger charge is 2.29. The molecule has 14 heavy (non-hydrogen) atoms. The van der Waals surface area contributed by atoms with Crippen LogP contribution in [0.4, 0.5) is 11.6 Å². The number of amides is 1. The number of nitrogens with zero attached hydrogens (tertiary/aromatic N) is 2. The Bertz CT molecular complexity index is 403. The lowest BCUT2D eigenvalue weighted by atomic mass is 10.3. The van der Waals surface area contributed by atoms with Crippen molar-refractivity contribution in [3.05, 3.63) is 18.2 Å². The van der Waals surface area contributed by atoms with Crippen LogP contribution in [0.5, 0.6) is 0 Å². The average molecular weight is 191 g/mol. The van der Waals surface area contributed by atoms with E-state index in [-0.39, 0.29) is 24.7 Å². The largest absolute Gasteiger partial charge is 0.384 e. The fraction of sp³-hybridized carbons (Fsp3) is 0.222. The van der Waals surface area contributed by atoms with E-state index in [1.165, 1.54) is 4.90 Å². The van der Waals surface area contributed by atoms with Crippen LogP contribution in [-0.2, 0) is 9.59 Å². The minimum Gasteiger partial charge on any atom is -0.384 e. The normalized spacial score (nSPS) is 16.4. The summed E-state index contributed by atoms with van der Waals surface area (Å²) in [4.78, 5) is 27.6. The maximum absolute atomic E-state index is 11.3. The van der Waals surface area contributed by atoms with Gasteiger partial charge in [-0.25, -0.2) is 4.98 Å². The van der Waals surface area contributed by atoms with Gasteiger partial charge in [0.2, 0.25) is 5.91 Å². The van der Waals surface area contributed by atoms with Crippen molar-refractivity contribution in [2.75, 3.05) is 17.2 Å². The van der Waals surface area contributed by atoms with Crippen LogP contribution in [0.3, 0.4) is 0 Å². The van der Waals surface area contributed by atoms with Crippen LogP contribution >= 0.6 is 0 Å². The molecule has 5 nitrogen and oxygen atoms in total. The molecule has 2 rings (SSSR count). The molecule has 0 unspecified atom stereocenters. The van der Waals surface area contributed by atoms with Crippen molar-refractivity contribution in [3.8, 4) is 0 Å². The highest BCUT2D eigenvalue weighted by Crippen LogP contribution is 2.17. The molecule has 5 heteroatoms. The molecule has 0 atom stereocenters. The molecule has 0 radical (unpaired) electrons. The molecule has 2 heterocycles. The first-order valence-corrected chi connectivity index (χ1v) is 4.21. The second-order valence-electron chi connectivity index (χ2n) is 3.12. The van der Waals surface area contributed by atoms with Crippen LogP contribution in [0.25, 0.3) is 0 Å². The number of rotatable bonds is 1. The van der Waals surface area contributed by atoms with Gasteiger partial charge < -0.3 is 5.73 Å². The Balaban J connectivity index is 2.31. The number of nitrogens with two attached hydrogens (primary N) is 1. The Kier molecular flexibility index (Phi) is 1.92. The zero-order valence-electron chi connectivity index (χ0n) is 7.43. The molecule has 0 aromatic carbocycles. The number of pyridine rings is 1. The number of aromatic nitrogens is 1. The van der Waals surface area contributed by atoms with E-state index in [9.17, 15) is 9.59 Å². The molecule has 72 valence electrons. The molecule has 0 aliphatic carbocycles. The predicted molar refractivity (Wildman–Crippen MR) is 50.6 cm³/mol. The Morgan fingerprint density at radius 1 is 1.36 bits per heavy atom. The van der Waals surface area contributed by atoms with Gasteiger partial charge in [0.25, 0.3) is 0 Å². The van der Waals surface area contributed by atoms with E-state index in [0.717, 1.165) is 0 Å². The molecule has 1 saturated heterocycles. The predicted octanol–water partition coefficient (Wildman–Crippen LogP) is -0.0304. The third-order valence-corrected chi connectivity index (χ3v) is 2.02. The highest BCUT2D eigenvalue weighted by atomic mass is 16.2. The standard InChI is InChI=1S/C9H9N3O2/c10-7-2-1-3-8(11-7)12-5-6(13)4-9(12)14/h1-3H,4-5H2,(H2,10,11). The lowest BCUT2D eigenvalue weighted by molar-refractivity contribution is -0.121. The van der Waals surface area contributed by atoms with E-state index < -0.39 is 0 Å². The van der Waals surface area contributed by atoms with Crippen molar-refractivity contribution in [1.82, 2.24) is 4.98 Å². The lowest BCUT2D eigenvalue weighted by Crippen LogP contribution is -2.25. The van der Waals surface area contributed by atoms with Crippen molar-refractivity contribution >= 4 is 23.3 Å². The quantitative estimate of drug-likeness (QED) is 0.632. The topological polar surface area (TPSA) is 76.3 Å². The average Bonchev–Trinajstić information content (AvgIpc) is 2.45. The number of ketones is 1. The van der Waals surface area contributed by atoms with Crippen LogP contribution in [0.1, 0.15) is 6.42 Å². The third-order valence-electron chi connectivity index (χ3n) is 2.02. The monoisotopic (exact) mass is 191 g/mol. The smallest absolute Gasteiger partial charge is 0.236 e.